The fourth-order valence-corrected chi connectivity index (χ4v) is 2.14. The SMILES string of the molecule is Cc1noc(CN2CCN(C3CC3)C(=O)C2=O)n1. The number of carbonyl (C=O) groups is 2. The summed E-state index contributed by atoms with van der Waals surface area (Å²) in [6.45, 7) is 3.06. The number of amides is 2. The molecule has 0 radical (unpaired) electrons. The van der Waals surface area contributed by atoms with E-state index in [4.69, 9.17) is 4.52 Å². The van der Waals surface area contributed by atoms with Gasteiger partial charge < -0.3 is 14.3 Å². The van der Waals surface area contributed by atoms with Crippen LogP contribution in [0.2, 0.25) is 0 Å². The zero-order valence-corrected chi connectivity index (χ0v) is 10.1. The molecule has 7 nitrogen and oxygen atoms in total. The lowest BCUT2D eigenvalue weighted by Gasteiger charge is -2.33. The molecule has 0 unspecified atom stereocenters. The number of hydrogen-bond donors (Lipinski definition) is 0. The van der Waals surface area contributed by atoms with Crippen molar-refractivity contribution in [2.45, 2.75) is 32.4 Å². The molecule has 1 aliphatic heterocycles. The normalized spacial score (nSPS) is 20.7. The van der Waals surface area contributed by atoms with E-state index in [9.17, 15) is 9.59 Å². The van der Waals surface area contributed by atoms with Crippen molar-refractivity contribution in [2.75, 3.05) is 13.1 Å². The number of rotatable bonds is 3. The van der Waals surface area contributed by atoms with E-state index in [1.807, 2.05) is 0 Å². The van der Waals surface area contributed by atoms with Crippen molar-refractivity contribution in [1.29, 1.82) is 0 Å². The maximum absolute atomic E-state index is 11.9. The van der Waals surface area contributed by atoms with Gasteiger partial charge in [0.2, 0.25) is 5.89 Å². The van der Waals surface area contributed by atoms with Gasteiger partial charge in [-0.2, -0.15) is 4.98 Å². The molecule has 7 heteroatoms. The fourth-order valence-electron chi connectivity index (χ4n) is 2.14. The maximum atomic E-state index is 11.9. The van der Waals surface area contributed by atoms with Gasteiger partial charge in [0.05, 0.1) is 0 Å². The molecule has 18 heavy (non-hydrogen) atoms. The topological polar surface area (TPSA) is 79.5 Å². The number of hydrogen-bond acceptors (Lipinski definition) is 5. The molecule has 0 aromatic carbocycles. The number of aromatic nitrogens is 2. The van der Waals surface area contributed by atoms with E-state index in [-0.39, 0.29) is 12.6 Å². The third kappa shape index (κ3) is 1.96. The first kappa shape index (κ1) is 11.2. The predicted octanol–water partition coefficient (Wildman–Crippen LogP) is -0.289. The lowest BCUT2D eigenvalue weighted by atomic mass is 10.3. The average Bonchev–Trinajstić information content (AvgIpc) is 3.09. The van der Waals surface area contributed by atoms with Crippen LogP contribution in [0.3, 0.4) is 0 Å². The van der Waals surface area contributed by atoms with Crippen LogP contribution in [0.4, 0.5) is 0 Å². The van der Waals surface area contributed by atoms with Gasteiger partial charge in [-0.1, -0.05) is 5.16 Å². The molecule has 2 aliphatic rings. The van der Waals surface area contributed by atoms with E-state index in [2.05, 4.69) is 10.1 Å². The van der Waals surface area contributed by atoms with Crippen LogP contribution in [0, 0.1) is 6.92 Å². The molecule has 2 fully saturated rings. The van der Waals surface area contributed by atoms with Crippen molar-refractivity contribution in [3.8, 4) is 0 Å². The number of aryl methyl sites for hydroxylation is 1. The van der Waals surface area contributed by atoms with Gasteiger partial charge in [0.25, 0.3) is 0 Å². The highest BCUT2D eigenvalue weighted by molar-refractivity contribution is 6.35. The summed E-state index contributed by atoms with van der Waals surface area (Å²) >= 11 is 0. The van der Waals surface area contributed by atoms with Crippen molar-refractivity contribution in [3.05, 3.63) is 11.7 Å². The molecule has 3 rings (SSSR count). The summed E-state index contributed by atoms with van der Waals surface area (Å²) in [7, 11) is 0. The first-order chi connectivity index (χ1) is 8.65. The Labute approximate surface area is 104 Å². The molecule has 1 aliphatic carbocycles. The summed E-state index contributed by atoms with van der Waals surface area (Å²) in [5, 5.41) is 3.66. The van der Waals surface area contributed by atoms with Crippen molar-refractivity contribution in [3.63, 3.8) is 0 Å². The largest absolute Gasteiger partial charge is 0.337 e. The minimum Gasteiger partial charge on any atom is -0.337 e. The maximum Gasteiger partial charge on any atom is 0.312 e. The predicted molar refractivity (Wildman–Crippen MR) is 59.2 cm³/mol. The zero-order chi connectivity index (χ0) is 12.7. The van der Waals surface area contributed by atoms with Crippen molar-refractivity contribution in [2.24, 2.45) is 0 Å². The lowest BCUT2D eigenvalue weighted by molar-refractivity contribution is -0.157. The third-order valence-corrected chi connectivity index (χ3v) is 3.23. The molecule has 2 heterocycles. The lowest BCUT2D eigenvalue weighted by Crippen LogP contribution is -2.54. The smallest absolute Gasteiger partial charge is 0.312 e. The molecule has 0 N–H and O–H groups in total. The van der Waals surface area contributed by atoms with Gasteiger partial charge in [-0.05, 0) is 19.8 Å². The minimum atomic E-state index is -0.469. The van der Waals surface area contributed by atoms with Gasteiger partial charge in [-0.15, -0.1) is 0 Å². The standard InChI is InChI=1S/C11H14N4O3/c1-7-12-9(18-13-7)6-14-4-5-15(8-2-3-8)11(17)10(14)16/h8H,2-6H2,1H3. The molecule has 1 aromatic rings. The Morgan fingerprint density at radius 2 is 2.06 bits per heavy atom. The summed E-state index contributed by atoms with van der Waals surface area (Å²) in [6.07, 6.45) is 2.03. The van der Waals surface area contributed by atoms with Crippen LogP contribution in [-0.4, -0.2) is 50.9 Å². The van der Waals surface area contributed by atoms with Gasteiger partial charge in [0, 0.05) is 19.1 Å². The highest BCUT2D eigenvalue weighted by Gasteiger charge is 2.40. The summed E-state index contributed by atoms with van der Waals surface area (Å²) in [6, 6.07) is 0.286. The quantitative estimate of drug-likeness (QED) is 0.689. The highest BCUT2D eigenvalue weighted by Crippen LogP contribution is 2.28. The summed E-state index contributed by atoms with van der Waals surface area (Å²) in [4.78, 5) is 31.0. The molecule has 0 bridgehead atoms. The minimum absolute atomic E-state index is 0.212. The molecular weight excluding hydrogens is 236 g/mol. The van der Waals surface area contributed by atoms with E-state index < -0.39 is 11.8 Å². The van der Waals surface area contributed by atoms with Crippen molar-refractivity contribution < 1.29 is 14.1 Å². The highest BCUT2D eigenvalue weighted by atomic mass is 16.5. The summed E-state index contributed by atoms with van der Waals surface area (Å²) < 4.78 is 4.96. The van der Waals surface area contributed by atoms with E-state index in [1.54, 1.807) is 11.8 Å². The monoisotopic (exact) mass is 250 g/mol. The van der Waals surface area contributed by atoms with Gasteiger partial charge in [0.15, 0.2) is 5.82 Å². The van der Waals surface area contributed by atoms with Crippen LogP contribution in [0.15, 0.2) is 4.52 Å². The first-order valence-corrected chi connectivity index (χ1v) is 6.04. The van der Waals surface area contributed by atoms with Gasteiger partial charge in [-0.25, -0.2) is 0 Å². The van der Waals surface area contributed by atoms with Gasteiger partial charge >= 0.3 is 11.8 Å². The Bertz CT molecular complexity index is 494. The Balaban J connectivity index is 1.67. The van der Waals surface area contributed by atoms with E-state index in [0.29, 0.717) is 24.8 Å². The number of carbonyl (C=O) groups excluding carboxylic acids is 2. The Morgan fingerprint density at radius 1 is 1.28 bits per heavy atom. The van der Waals surface area contributed by atoms with Gasteiger partial charge in [0.1, 0.15) is 6.54 Å². The molecular formula is C11H14N4O3. The summed E-state index contributed by atoms with van der Waals surface area (Å²) in [5.74, 6) is 0.0258. The van der Waals surface area contributed by atoms with Crippen LogP contribution in [0.5, 0.6) is 0 Å². The second-order valence-electron chi connectivity index (χ2n) is 4.69. The van der Waals surface area contributed by atoms with Crippen LogP contribution >= 0.6 is 0 Å². The van der Waals surface area contributed by atoms with Crippen LogP contribution < -0.4 is 0 Å². The molecule has 96 valence electrons. The van der Waals surface area contributed by atoms with Crippen molar-refractivity contribution in [1.82, 2.24) is 19.9 Å². The molecule has 0 spiro atoms. The second-order valence-corrected chi connectivity index (χ2v) is 4.69. The summed E-state index contributed by atoms with van der Waals surface area (Å²) in [5.41, 5.74) is 0. The number of piperazine rings is 1. The molecule has 1 saturated heterocycles. The third-order valence-electron chi connectivity index (χ3n) is 3.23. The first-order valence-electron chi connectivity index (χ1n) is 6.04. The van der Waals surface area contributed by atoms with E-state index >= 15 is 0 Å². The Morgan fingerprint density at radius 3 is 2.67 bits per heavy atom. The van der Waals surface area contributed by atoms with Crippen molar-refractivity contribution >= 4 is 11.8 Å². The molecule has 1 aromatic heterocycles. The second kappa shape index (κ2) is 4.08. The zero-order valence-electron chi connectivity index (χ0n) is 10.1. The average molecular weight is 250 g/mol. The molecule has 2 amide bonds. The Kier molecular flexibility index (Phi) is 2.53. The van der Waals surface area contributed by atoms with Crippen LogP contribution in [0.1, 0.15) is 24.6 Å². The molecule has 1 saturated carbocycles. The van der Waals surface area contributed by atoms with E-state index in [1.165, 1.54) is 4.90 Å². The fraction of sp³-hybridized carbons (Fsp3) is 0.636. The van der Waals surface area contributed by atoms with Crippen LogP contribution in [-0.2, 0) is 16.1 Å². The molecule has 0 atom stereocenters. The van der Waals surface area contributed by atoms with Gasteiger partial charge in [-0.3, -0.25) is 9.59 Å². The Hall–Kier alpha value is -1.92. The number of nitrogens with zero attached hydrogens (tertiary/aromatic N) is 4. The van der Waals surface area contributed by atoms with Crippen LogP contribution in [0.25, 0.3) is 0 Å². The van der Waals surface area contributed by atoms with E-state index in [0.717, 1.165) is 12.8 Å².